The Morgan fingerprint density at radius 2 is 2.00 bits per heavy atom. The first-order chi connectivity index (χ1) is 9.39. The molecule has 1 saturated carbocycles. The molecule has 0 heterocycles. The summed E-state index contributed by atoms with van der Waals surface area (Å²) in [6.45, 7) is 0.404. The minimum absolute atomic E-state index is 0.289. The predicted molar refractivity (Wildman–Crippen MR) is 73.8 cm³/mol. The van der Waals surface area contributed by atoms with E-state index < -0.39 is 17.6 Å². The molecule has 1 aliphatic carbocycles. The number of hydrogen-bond acceptors (Lipinski definition) is 1. The molecular formula is C14H15BrF3NO. The highest BCUT2D eigenvalue weighted by Crippen LogP contribution is 2.33. The maximum atomic E-state index is 12.8. The number of carbonyl (C=O) groups excluding carboxylic acids is 1. The molecule has 1 N–H and O–H groups in total. The van der Waals surface area contributed by atoms with Crippen molar-refractivity contribution in [3.05, 3.63) is 35.4 Å². The molecule has 2 atom stereocenters. The Morgan fingerprint density at radius 1 is 1.30 bits per heavy atom. The van der Waals surface area contributed by atoms with Crippen molar-refractivity contribution in [3.8, 4) is 0 Å². The molecule has 0 spiro atoms. The summed E-state index contributed by atoms with van der Waals surface area (Å²) >= 11 is 3.53. The standard InChI is InChI=1S/C14H15BrF3NO/c15-12-7-3-4-9(12)8-19-13(20)10-5-1-2-6-11(10)14(16,17)18/h1-2,5-6,9,12H,3-4,7-8H2,(H,19,20). The van der Waals surface area contributed by atoms with Gasteiger partial charge in [-0.15, -0.1) is 0 Å². The predicted octanol–water partition coefficient (Wildman–Crippen LogP) is 4.00. The molecule has 2 nitrogen and oxygen atoms in total. The van der Waals surface area contributed by atoms with E-state index in [9.17, 15) is 18.0 Å². The highest BCUT2D eigenvalue weighted by atomic mass is 79.9. The lowest BCUT2D eigenvalue weighted by molar-refractivity contribution is -0.137. The van der Waals surface area contributed by atoms with Gasteiger partial charge < -0.3 is 5.32 Å². The lowest BCUT2D eigenvalue weighted by atomic mass is 10.1. The maximum Gasteiger partial charge on any atom is 0.417 e. The smallest absolute Gasteiger partial charge is 0.352 e. The van der Waals surface area contributed by atoms with Gasteiger partial charge >= 0.3 is 6.18 Å². The van der Waals surface area contributed by atoms with Gasteiger partial charge in [-0.1, -0.05) is 34.5 Å². The summed E-state index contributed by atoms with van der Waals surface area (Å²) in [7, 11) is 0. The number of carbonyl (C=O) groups is 1. The first-order valence-corrected chi connectivity index (χ1v) is 7.39. The summed E-state index contributed by atoms with van der Waals surface area (Å²) in [5.74, 6) is -0.374. The Kier molecular flexibility index (Phi) is 4.73. The van der Waals surface area contributed by atoms with Crippen LogP contribution in [0.15, 0.2) is 24.3 Å². The topological polar surface area (TPSA) is 29.1 Å². The van der Waals surface area contributed by atoms with Crippen molar-refractivity contribution in [2.45, 2.75) is 30.3 Å². The highest BCUT2D eigenvalue weighted by molar-refractivity contribution is 9.09. The van der Waals surface area contributed by atoms with E-state index in [-0.39, 0.29) is 11.5 Å². The second-order valence-electron chi connectivity index (χ2n) is 4.96. The van der Waals surface area contributed by atoms with Crippen LogP contribution in [0.3, 0.4) is 0 Å². The van der Waals surface area contributed by atoms with Crippen LogP contribution in [-0.4, -0.2) is 17.3 Å². The number of halogens is 4. The molecular weight excluding hydrogens is 335 g/mol. The van der Waals surface area contributed by atoms with E-state index in [0.717, 1.165) is 25.3 Å². The second kappa shape index (κ2) is 6.16. The molecule has 6 heteroatoms. The minimum atomic E-state index is -4.51. The molecule has 0 bridgehead atoms. The SMILES string of the molecule is O=C(NCC1CCCC1Br)c1ccccc1C(F)(F)F. The largest absolute Gasteiger partial charge is 0.417 e. The molecule has 1 aromatic carbocycles. The Morgan fingerprint density at radius 3 is 2.60 bits per heavy atom. The molecule has 1 fully saturated rings. The van der Waals surface area contributed by atoms with Crippen molar-refractivity contribution >= 4 is 21.8 Å². The van der Waals surface area contributed by atoms with E-state index >= 15 is 0 Å². The third-order valence-corrected chi connectivity index (χ3v) is 4.77. The van der Waals surface area contributed by atoms with Crippen molar-refractivity contribution in [2.75, 3.05) is 6.54 Å². The average Bonchev–Trinajstić information content (AvgIpc) is 2.80. The summed E-state index contributed by atoms with van der Waals surface area (Å²) in [5, 5.41) is 2.61. The molecule has 2 unspecified atom stereocenters. The van der Waals surface area contributed by atoms with Gasteiger partial charge in [0, 0.05) is 11.4 Å². The zero-order chi connectivity index (χ0) is 14.8. The summed E-state index contributed by atoms with van der Waals surface area (Å²) in [5.41, 5.74) is -1.21. The monoisotopic (exact) mass is 349 g/mol. The molecule has 0 aromatic heterocycles. The van der Waals surface area contributed by atoms with Crippen LogP contribution in [0.4, 0.5) is 13.2 Å². The molecule has 1 aromatic rings. The number of benzene rings is 1. The van der Waals surface area contributed by atoms with Crippen LogP contribution in [0.1, 0.15) is 35.2 Å². The minimum Gasteiger partial charge on any atom is -0.352 e. The van der Waals surface area contributed by atoms with Gasteiger partial charge in [-0.2, -0.15) is 13.2 Å². The van der Waals surface area contributed by atoms with E-state index in [2.05, 4.69) is 21.2 Å². The van der Waals surface area contributed by atoms with Gasteiger partial charge in [-0.25, -0.2) is 0 Å². The fourth-order valence-corrected chi connectivity index (χ4v) is 3.24. The van der Waals surface area contributed by atoms with Gasteiger partial charge in [-0.05, 0) is 30.9 Å². The number of nitrogens with one attached hydrogen (secondary N) is 1. The van der Waals surface area contributed by atoms with Crippen LogP contribution in [0, 0.1) is 5.92 Å². The third kappa shape index (κ3) is 3.53. The molecule has 0 aliphatic heterocycles. The van der Waals surface area contributed by atoms with Gasteiger partial charge in [-0.3, -0.25) is 4.79 Å². The fourth-order valence-electron chi connectivity index (χ4n) is 2.47. The van der Waals surface area contributed by atoms with E-state index in [0.29, 0.717) is 11.4 Å². The van der Waals surface area contributed by atoms with E-state index in [1.165, 1.54) is 18.2 Å². The highest BCUT2D eigenvalue weighted by Gasteiger charge is 2.35. The van der Waals surface area contributed by atoms with Gasteiger partial charge in [0.1, 0.15) is 0 Å². The van der Waals surface area contributed by atoms with Crippen molar-refractivity contribution in [2.24, 2.45) is 5.92 Å². The summed E-state index contributed by atoms with van der Waals surface area (Å²) in [6, 6.07) is 4.86. The van der Waals surface area contributed by atoms with Crippen molar-refractivity contribution < 1.29 is 18.0 Å². The third-order valence-electron chi connectivity index (χ3n) is 3.57. The molecule has 2 rings (SSSR count). The van der Waals surface area contributed by atoms with Crippen LogP contribution in [0.25, 0.3) is 0 Å². The second-order valence-corrected chi connectivity index (χ2v) is 6.14. The van der Waals surface area contributed by atoms with Gasteiger partial charge in [0.05, 0.1) is 11.1 Å². The number of hydrogen-bond donors (Lipinski definition) is 1. The van der Waals surface area contributed by atoms with Gasteiger partial charge in [0.25, 0.3) is 5.91 Å². The van der Waals surface area contributed by atoms with Crippen molar-refractivity contribution in [3.63, 3.8) is 0 Å². The number of amides is 1. The summed E-state index contributed by atoms with van der Waals surface area (Å²) < 4.78 is 38.5. The van der Waals surface area contributed by atoms with E-state index in [1.54, 1.807) is 0 Å². The first kappa shape index (κ1) is 15.4. The van der Waals surface area contributed by atoms with Crippen molar-refractivity contribution in [1.82, 2.24) is 5.32 Å². The molecule has 1 aliphatic rings. The zero-order valence-corrected chi connectivity index (χ0v) is 12.3. The van der Waals surface area contributed by atoms with Crippen molar-refractivity contribution in [1.29, 1.82) is 0 Å². The Balaban J connectivity index is 2.06. The lowest BCUT2D eigenvalue weighted by Gasteiger charge is -2.16. The average molecular weight is 350 g/mol. The van der Waals surface area contributed by atoms with E-state index in [1.807, 2.05) is 0 Å². The Bertz CT molecular complexity index is 490. The first-order valence-electron chi connectivity index (χ1n) is 6.48. The Hall–Kier alpha value is -1.04. The quantitative estimate of drug-likeness (QED) is 0.821. The lowest BCUT2D eigenvalue weighted by Crippen LogP contribution is -2.32. The van der Waals surface area contributed by atoms with Crippen LogP contribution >= 0.6 is 15.9 Å². The van der Waals surface area contributed by atoms with Crippen LogP contribution in [0.5, 0.6) is 0 Å². The molecule has 1 amide bonds. The maximum absolute atomic E-state index is 12.8. The summed E-state index contributed by atoms with van der Waals surface area (Å²) in [4.78, 5) is 12.3. The van der Waals surface area contributed by atoms with Crippen LogP contribution in [-0.2, 0) is 6.18 Å². The fraction of sp³-hybridized carbons (Fsp3) is 0.500. The zero-order valence-electron chi connectivity index (χ0n) is 10.7. The number of alkyl halides is 4. The normalized spacial score (nSPS) is 22.8. The summed E-state index contributed by atoms with van der Waals surface area (Å²) in [6.07, 6.45) is -1.41. The van der Waals surface area contributed by atoms with Crippen LogP contribution in [0.2, 0.25) is 0 Å². The van der Waals surface area contributed by atoms with Gasteiger partial charge in [0.2, 0.25) is 0 Å². The van der Waals surface area contributed by atoms with E-state index in [4.69, 9.17) is 0 Å². The Labute approximate surface area is 123 Å². The molecule has 20 heavy (non-hydrogen) atoms. The molecule has 110 valence electrons. The van der Waals surface area contributed by atoms with Crippen LogP contribution < -0.4 is 5.32 Å². The molecule has 0 saturated heterocycles. The number of rotatable bonds is 3. The van der Waals surface area contributed by atoms with Gasteiger partial charge in [0.15, 0.2) is 0 Å². The molecule has 0 radical (unpaired) electrons.